The summed E-state index contributed by atoms with van der Waals surface area (Å²) in [5.74, 6) is 0.416. The smallest absolute Gasteiger partial charge is 0.317 e. The second kappa shape index (κ2) is 5.59. The molecule has 0 aromatic heterocycles. The van der Waals surface area contributed by atoms with E-state index in [-0.39, 0.29) is 17.9 Å². The molecule has 0 spiro atoms. The van der Waals surface area contributed by atoms with E-state index >= 15 is 0 Å². The highest BCUT2D eigenvalue weighted by Gasteiger charge is 2.32. The van der Waals surface area contributed by atoms with E-state index in [0.29, 0.717) is 18.0 Å². The Morgan fingerprint density at radius 2 is 2.21 bits per heavy atom. The van der Waals surface area contributed by atoms with Gasteiger partial charge in [-0.2, -0.15) is 0 Å². The lowest BCUT2D eigenvalue weighted by Gasteiger charge is -2.25. The van der Waals surface area contributed by atoms with Gasteiger partial charge in [0.15, 0.2) is 0 Å². The summed E-state index contributed by atoms with van der Waals surface area (Å²) in [5, 5.41) is 2.83. The average molecular weight is 264 g/mol. The van der Waals surface area contributed by atoms with E-state index in [1.54, 1.807) is 17.9 Å². The highest BCUT2D eigenvalue weighted by Crippen LogP contribution is 2.34. The zero-order chi connectivity index (χ0) is 14.0. The van der Waals surface area contributed by atoms with Crippen LogP contribution in [0.3, 0.4) is 0 Å². The molecule has 4 heteroatoms. The van der Waals surface area contributed by atoms with E-state index in [0.717, 1.165) is 5.56 Å². The van der Waals surface area contributed by atoms with Crippen LogP contribution in [-0.2, 0) is 6.54 Å². The summed E-state index contributed by atoms with van der Waals surface area (Å²) in [4.78, 5) is 13.7. The second-order valence-corrected chi connectivity index (χ2v) is 5.43. The number of hydrogen-bond acceptors (Lipinski definition) is 1. The van der Waals surface area contributed by atoms with Gasteiger partial charge >= 0.3 is 6.03 Å². The third kappa shape index (κ3) is 3.46. The molecule has 1 unspecified atom stereocenters. The zero-order valence-corrected chi connectivity index (χ0v) is 11.7. The van der Waals surface area contributed by atoms with E-state index < -0.39 is 0 Å². The number of carbonyl (C=O) groups is 1. The van der Waals surface area contributed by atoms with Crippen LogP contribution in [0.5, 0.6) is 0 Å². The fourth-order valence-electron chi connectivity index (χ4n) is 2.13. The van der Waals surface area contributed by atoms with Crippen molar-refractivity contribution in [3.63, 3.8) is 0 Å². The molecule has 0 bridgehead atoms. The maximum atomic E-state index is 13.4. The standard InChI is InChI=1S/C15H21FN2O/c1-10-4-5-12(8-14(10)16)9-17-15(19)18(3)11(2)13-6-7-13/h4-5,8,11,13H,6-7,9H2,1-3H3,(H,17,19). The molecule has 1 N–H and O–H groups in total. The molecule has 104 valence electrons. The molecule has 1 aromatic carbocycles. The maximum absolute atomic E-state index is 13.4. The average Bonchev–Trinajstić information content (AvgIpc) is 3.22. The van der Waals surface area contributed by atoms with Gasteiger partial charge in [0.1, 0.15) is 5.82 Å². The molecule has 2 amide bonds. The van der Waals surface area contributed by atoms with Gasteiger partial charge in [0.2, 0.25) is 0 Å². The Bertz CT molecular complexity index is 471. The van der Waals surface area contributed by atoms with Gasteiger partial charge in [-0.15, -0.1) is 0 Å². The first-order valence-corrected chi connectivity index (χ1v) is 6.74. The van der Waals surface area contributed by atoms with Gasteiger partial charge < -0.3 is 10.2 Å². The Balaban J connectivity index is 1.86. The minimum absolute atomic E-state index is 0.0969. The molecule has 0 heterocycles. The van der Waals surface area contributed by atoms with Crippen molar-refractivity contribution < 1.29 is 9.18 Å². The number of hydrogen-bond donors (Lipinski definition) is 1. The molecule has 1 fully saturated rings. The first kappa shape index (κ1) is 13.8. The lowest BCUT2D eigenvalue weighted by molar-refractivity contribution is 0.187. The molecule has 0 saturated heterocycles. The second-order valence-electron chi connectivity index (χ2n) is 5.43. The van der Waals surface area contributed by atoms with Crippen molar-refractivity contribution in [2.75, 3.05) is 7.05 Å². The van der Waals surface area contributed by atoms with Gasteiger partial charge in [0, 0.05) is 19.6 Å². The number of benzene rings is 1. The number of rotatable bonds is 4. The summed E-state index contributed by atoms with van der Waals surface area (Å²) in [5.41, 5.74) is 1.40. The van der Waals surface area contributed by atoms with Crippen molar-refractivity contribution >= 4 is 6.03 Å². The maximum Gasteiger partial charge on any atom is 0.317 e. The number of amides is 2. The zero-order valence-electron chi connectivity index (χ0n) is 11.7. The van der Waals surface area contributed by atoms with Crippen LogP contribution >= 0.6 is 0 Å². The molecule has 3 nitrogen and oxygen atoms in total. The highest BCUT2D eigenvalue weighted by atomic mass is 19.1. The first-order chi connectivity index (χ1) is 8.99. The van der Waals surface area contributed by atoms with E-state index in [4.69, 9.17) is 0 Å². The third-order valence-corrected chi connectivity index (χ3v) is 3.92. The molecule has 1 aliphatic rings. The van der Waals surface area contributed by atoms with Crippen LogP contribution in [0, 0.1) is 18.7 Å². The van der Waals surface area contributed by atoms with Crippen molar-refractivity contribution in [3.8, 4) is 0 Å². The largest absolute Gasteiger partial charge is 0.334 e. The van der Waals surface area contributed by atoms with Gasteiger partial charge in [-0.1, -0.05) is 12.1 Å². The van der Waals surface area contributed by atoms with E-state index in [1.165, 1.54) is 18.9 Å². The summed E-state index contributed by atoms with van der Waals surface area (Å²) in [7, 11) is 1.81. The minimum atomic E-state index is -0.230. The lowest BCUT2D eigenvalue weighted by atomic mass is 10.1. The van der Waals surface area contributed by atoms with Gasteiger partial charge in [-0.25, -0.2) is 9.18 Å². The van der Waals surface area contributed by atoms with Crippen molar-refractivity contribution in [2.24, 2.45) is 5.92 Å². The SMILES string of the molecule is Cc1ccc(CNC(=O)N(C)C(C)C2CC2)cc1F. The van der Waals surface area contributed by atoms with Gasteiger partial charge in [-0.05, 0) is 49.8 Å². The summed E-state index contributed by atoms with van der Waals surface area (Å²) >= 11 is 0. The van der Waals surface area contributed by atoms with E-state index in [2.05, 4.69) is 12.2 Å². The summed E-state index contributed by atoms with van der Waals surface area (Å²) < 4.78 is 13.4. The summed E-state index contributed by atoms with van der Waals surface area (Å²) in [6.45, 7) is 4.16. The Hall–Kier alpha value is -1.58. The van der Waals surface area contributed by atoms with Gasteiger partial charge in [-0.3, -0.25) is 0 Å². The van der Waals surface area contributed by atoms with Crippen LogP contribution in [0.15, 0.2) is 18.2 Å². The summed E-state index contributed by atoms with van der Waals surface area (Å²) in [6.07, 6.45) is 2.42. The number of carbonyl (C=O) groups excluding carboxylic acids is 1. The Kier molecular flexibility index (Phi) is 4.08. The molecule has 1 aromatic rings. The molecule has 1 saturated carbocycles. The van der Waals surface area contributed by atoms with Crippen molar-refractivity contribution in [1.82, 2.24) is 10.2 Å². The molecular weight excluding hydrogens is 243 g/mol. The highest BCUT2D eigenvalue weighted by molar-refractivity contribution is 5.74. The molecule has 19 heavy (non-hydrogen) atoms. The van der Waals surface area contributed by atoms with Gasteiger partial charge in [0.25, 0.3) is 0 Å². The normalized spacial score (nSPS) is 16.0. The predicted octanol–water partition coefficient (Wildman–Crippen LogP) is 3.07. The first-order valence-electron chi connectivity index (χ1n) is 6.74. The lowest BCUT2D eigenvalue weighted by Crippen LogP contribution is -2.43. The molecule has 1 aliphatic carbocycles. The molecule has 0 radical (unpaired) electrons. The Morgan fingerprint density at radius 1 is 1.53 bits per heavy atom. The van der Waals surface area contributed by atoms with Crippen molar-refractivity contribution in [1.29, 1.82) is 0 Å². The molecule has 0 aliphatic heterocycles. The quantitative estimate of drug-likeness (QED) is 0.890. The molecule has 2 rings (SSSR count). The number of halogens is 1. The monoisotopic (exact) mass is 264 g/mol. The fraction of sp³-hybridized carbons (Fsp3) is 0.533. The van der Waals surface area contributed by atoms with Crippen molar-refractivity contribution in [3.05, 3.63) is 35.1 Å². The van der Waals surface area contributed by atoms with Crippen LogP contribution in [0.2, 0.25) is 0 Å². The number of aryl methyl sites for hydroxylation is 1. The number of nitrogens with one attached hydrogen (secondary N) is 1. The topological polar surface area (TPSA) is 32.3 Å². The number of nitrogens with zero attached hydrogens (tertiary/aromatic N) is 1. The van der Waals surface area contributed by atoms with Crippen LogP contribution < -0.4 is 5.32 Å². The minimum Gasteiger partial charge on any atom is -0.334 e. The Morgan fingerprint density at radius 3 is 2.79 bits per heavy atom. The number of urea groups is 1. The van der Waals surface area contributed by atoms with Crippen LogP contribution in [0.1, 0.15) is 30.9 Å². The molecular formula is C15H21FN2O. The van der Waals surface area contributed by atoms with Crippen molar-refractivity contribution in [2.45, 2.75) is 39.3 Å². The van der Waals surface area contributed by atoms with Gasteiger partial charge in [0.05, 0.1) is 0 Å². The molecule has 1 atom stereocenters. The predicted molar refractivity (Wildman–Crippen MR) is 73.3 cm³/mol. The van der Waals surface area contributed by atoms with Crippen LogP contribution in [0.25, 0.3) is 0 Å². The van der Waals surface area contributed by atoms with Crippen LogP contribution in [-0.4, -0.2) is 24.0 Å². The third-order valence-electron chi connectivity index (χ3n) is 3.92. The van der Waals surface area contributed by atoms with Crippen LogP contribution in [0.4, 0.5) is 9.18 Å². The fourth-order valence-corrected chi connectivity index (χ4v) is 2.13. The van der Waals surface area contributed by atoms with E-state index in [1.807, 2.05) is 13.1 Å². The van der Waals surface area contributed by atoms with E-state index in [9.17, 15) is 9.18 Å². The Labute approximate surface area is 113 Å². The summed E-state index contributed by atoms with van der Waals surface area (Å²) in [6, 6.07) is 5.21.